The van der Waals surface area contributed by atoms with Gasteiger partial charge in [0.15, 0.2) is 5.13 Å². The molecule has 0 spiro atoms. The zero-order valence-corrected chi connectivity index (χ0v) is 18.4. The van der Waals surface area contributed by atoms with Gasteiger partial charge in [0.25, 0.3) is 10.0 Å². The normalized spacial score (nSPS) is 12.2. The molecule has 0 aliphatic rings. The van der Waals surface area contributed by atoms with Crippen LogP contribution in [0.2, 0.25) is 0 Å². The Hall–Kier alpha value is -3.18. The van der Waals surface area contributed by atoms with E-state index in [1.807, 2.05) is 0 Å². The second-order valence-electron chi connectivity index (χ2n) is 6.85. The largest absolute Gasteiger partial charge is 0.495 e. The monoisotopic (exact) mass is 479 g/mol. The van der Waals surface area contributed by atoms with Crippen LogP contribution in [0, 0.1) is 6.92 Å². The van der Waals surface area contributed by atoms with Crippen LogP contribution in [0.3, 0.4) is 0 Å². The van der Waals surface area contributed by atoms with E-state index in [0.29, 0.717) is 27.6 Å². The number of halogens is 3. The van der Waals surface area contributed by atoms with Gasteiger partial charge in [0.05, 0.1) is 18.2 Å². The molecule has 11 heteroatoms. The quantitative estimate of drug-likeness (QED) is 0.409. The van der Waals surface area contributed by atoms with E-state index >= 15 is 0 Å². The van der Waals surface area contributed by atoms with Crippen molar-refractivity contribution in [2.75, 3.05) is 11.8 Å². The topological polar surface area (TPSA) is 81.2 Å². The Morgan fingerprint density at radius 1 is 1.03 bits per heavy atom. The summed E-state index contributed by atoms with van der Waals surface area (Å²) in [6.07, 6.45) is -1.49. The maximum absolute atomic E-state index is 13.1. The van der Waals surface area contributed by atoms with Gasteiger partial charge in [-0.05, 0) is 53.9 Å². The third kappa shape index (κ3) is 4.13. The van der Waals surface area contributed by atoms with Crippen LogP contribution in [0.1, 0.15) is 11.1 Å². The molecule has 0 radical (unpaired) electrons. The van der Waals surface area contributed by atoms with Crippen LogP contribution < -0.4 is 9.46 Å². The zero-order chi connectivity index (χ0) is 23.1. The number of hydrogen-bond acceptors (Lipinski definition) is 6. The average Bonchev–Trinajstić information content (AvgIpc) is 3.24. The van der Waals surface area contributed by atoms with Gasteiger partial charge in [0.2, 0.25) is 0 Å². The fourth-order valence-electron chi connectivity index (χ4n) is 3.34. The predicted octanol–water partition coefficient (Wildman–Crippen LogP) is 5.49. The number of nitrogens with zero attached hydrogens (tertiary/aromatic N) is 2. The Kier molecular flexibility index (Phi) is 5.55. The van der Waals surface area contributed by atoms with E-state index in [4.69, 9.17) is 4.74 Å². The molecule has 0 fully saturated rings. The molecule has 0 saturated heterocycles. The molecule has 0 bridgehead atoms. The molecule has 0 aliphatic carbocycles. The zero-order valence-electron chi connectivity index (χ0n) is 16.8. The fraction of sp³-hybridized carbons (Fsp3) is 0.143. The highest BCUT2D eigenvalue weighted by Crippen LogP contribution is 2.38. The molecule has 0 unspecified atom stereocenters. The number of rotatable bonds is 5. The molecule has 166 valence electrons. The van der Waals surface area contributed by atoms with Crippen molar-refractivity contribution in [3.05, 3.63) is 65.3 Å². The fourth-order valence-corrected chi connectivity index (χ4v) is 5.30. The molecule has 2 heterocycles. The van der Waals surface area contributed by atoms with E-state index < -0.39 is 21.8 Å². The molecule has 2 aromatic carbocycles. The van der Waals surface area contributed by atoms with Gasteiger partial charge in [-0.2, -0.15) is 13.2 Å². The number of hydrogen-bond donors (Lipinski definition) is 1. The van der Waals surface area contributed by atoms with Crippen molar-refractivity contribution in [1.29, 1.82) is 0 Å². The van der Waals surface area contributed by atoms with Crippen molar-refractivity contribution in [3.63, 3.8) is 0 Å². The summed E-state index contributed by atoms with van der Waals surface area (Å²) in [4.78, 5) is 8.06. The second-order valence-corrected chi connectivity index (χ2v) is 9.39. The summed E-state index contributed by atoms with van der Waals surface area (Å²) < 4.78 is 72.7. The van der Waals surface area contributed by atoms with Gasteiger partial charge < -0.3 is 4.74 Å². The molecule has 0 amide bonds. The van der Waals surface area contributed by atoms with Crippen LogP contribution in [0.5, 0.6) is 5.75 Å². The van der Waals surface area contributed by atoms with Crippen LogP contribution in [-0.2, 0) is 16.2 Å². The van der Waals surface area contributed by atoms with Gasteiger partial charge in [-0.1, -0.05) is 6.07 Å². The number of pyridine rings is 1. The first-order valence-corrected chi connectivity index (χ1v) is 11.5. The first kappa shape index (κ1) is 22.0. The van der Waals surface area contributed by atoms with Crippen molar-refractivity contribution in [1.82, 2.24) is 9.97 Å². The number of thiazole rings is 1. The van der Waals surface area contributed by atoms with Crippen LogP contribution in [0.4, 0.5) is 18.3 Å². The number of fused-ring (bicyclic) bond motifs is 1. The minimum atomic E-state index is -4.44. The minimum Gasteiger partial charge on any atom is -0.495 e. The van der Waals surface area contributed by atoms with Crippen molar-refractivity contribution >= 4 is 37.4 Å². The Balaban J connectivity index is 1.86. The van der Waals surface area contributed by atoms with E-state index in [9.17, 15) is 21.6 Å². The highest BCUT2D eigenvalue weighted by molar-refractivity contribution is 7.93. The Labute approximate surface area is 185 Å². The second kappa shape index (κ2) is 8.06. The van der Waals surface area contributed by atoms with E-state index in [1.165, 1.54) is 37.7 Å². The van der Waals surface area contributed by atoms with Gasteiger partial charge in [-0.25, -0.2) is 13.4 Å². The van der Waals surface area contributed by atoms with E-state index in [-0.39, 0.29) is 15.8 Å². The average molecular weight is 480 g/mol. The molecule has 4 aromatic rings. The van der Waals surface area contributed by atoms with Crippen LogP contribution in [-0.4, -0.2) is 25.5 Å². The molecule has 2 aromatic heterocycles. The molecule has 32 heavy (non-hydrogen) atoms. The smallest absolute Gasteiger partial charge is 0.416 e. The number of anilines is 1. The third-order valence-electron chi connectivity index (χ3n) is 4.81. The van der Waals surface area contributed by atoms with E-state index in [1.54, 1.807) is 18.4 Å². The number of aromatic nitrogens is 2. The number of ether oxygens (including phenoxy) is 1. The first-order valence-electron chi connectivity index (χ1n) is 9.17. The summed E-state index contributed by atoms with van der Waals surface area (Å²) in [5, 5.41) is 2.38. The van der Waals surface area contributed by atoms with Gasteiger partial charge >= 0.3 is 6.18 Å². The molecular formula is C21H16F3N3O3S2. The molecule has 4 rings (SSSR count). The lowest BCUT2D eigenvalue weighted by Crippen LogP contribution is -2.14. The lowest BCUT2D eigenvalue weighted by atomic mass is 9.95. The summed E-state index contributed by atoms with van der Waals surface area (Å²) in [5.41, 5.74) is 1.21. The predicted molar refractivity (Wildman–Crippen MR) is 116 cm³/mol. The standard InChI is InChI=1S/C21H16F3N3O3S2/c1-12-9-13(21(22,23)24)3-4-14(12)15-5-6-25-17-11-19(18(30-2)10-16(15)17)32(28,29)27-20-26-7-8-31-20/h3-11H,1-2H3,(H,26,27). The number of benzene rings is 2. The molecule has 0 saturated carbocycles. The summed E-state index contributed by atoms with van der Waals surface area (Å²) in [6.45, 7) is 1.59. The van der Waals surface area contributed by atoms with Crippen LogP contribution in [0.15, 0.2) is 59.1 Å². The molecule has 1 N–H and O–H groups in total. The number of aryl methyl sites for hydroxylation is 1. The number of alkyl halides is 3. The maximum Gasteiger partial charge on any atom is 0.416 e. The van der Waals surface area contributed by atoms with Crippen molar-refractivity contribution < 1.29 is 26.3 Å². The Bertz CT molecular complexity index is 1400. The summed E-state index contributed by atoms with van der Waals surface area (Å²) >= 11 is 1.13. The SMILES string of the molecule is COc1cc2c(-c3ccc(C(F)(F)F)cc3C)ccnc2cc1S(=O)(=O)Nc1nccs1. The lowest BCUT2D eigenvalue weighted by molar-refractivity contribution is -0.137. The summed E-state index contributed by atoms with van der Waals surface area (Å²) in [6, 6.07) is 8.05. The Morgan fingerprint density at radius 3 is 2.44 bits per heavy atom. The van der Waals surface area contributed by atoms with Crippen molar-refractivity contribution in [3.8, 4) is 16.9 Å². The Morgan fingerprint density at radius 2 is 1.81 bits per heavy atom. The van der Waals surface area contributed by atoms with E-state index in [2.05, 4.69) is 14.7 Å². The van der Waals surface area contributed by atoms with Gasteiger partial charge in [0, 0.05) is 23.2 Å². The van der Waals surface area contributed by atoms with Gasteiger partial charge in [-0.3, -0.25) is 9.71 Å². The van der Waals surface area contributed by atoms with Gasteiger partial charge in [-0.15, -0.1) is 11.3 Å². The molecule has 6 nitrogen and oxygen atoms in total. The van der Waals surface area contributed by atoms with Crippen molar-refractivity contribution in [2.45, 2.75) is 18.0 Å². The molecular weight excluding hydrogens is 463 g/mol. The lowest BCUT2D eigenvalue weighted by Gasteiger charge is -2.15. The number of methoxy groups -OCH3 is 1. The highest BCUT2D eigenvalue weighted by atomic mass is 32.2. The van der Waals surface area contributed by atoms with Crippen LogP contribution >= 0.6 is 11.3 Å². The molecule has 0 aliphatic heterocycles. The van der Waals surface area contributed by atoms with E-state index in [0.717, 1.165) is 23.5 Å². The minimum absolute atomic E-state index is 0.0698. The third-order valence-corrected chi connectivity index (χ3v) is 6.99. The number of nitrogens with one attached hydrogen (secondary N) is 1. The highest BCUT2D eigenvalue weighted by Gasteiger charge is 2.31. The summed E-state index contributed by atoms with van der Waals surface area (Å²) in [7, 11) is -2.68. The maximum atomic E-state index is 13.1. The summed E-state index contributed by atoms with van der Waals surface area (Å²) in [5.74, 6) is 0.0698. The first-order chi connectivity index (χ1) is 15.1. The number of sulfonamides is 1. The van der Waals surface area contributed by atoms with Gasteiger partial charge in [0.1, 0.15) is 10.6 Å². The molecule has 0 atom stereocenters. The van der Waals surface area contributed by atoms with Crippen molar-refractivity contribution in [2.24, 2.45) is 0 Å². The van der Waals surface area contributed by atoms with Crippen LogP contribution in [0.25, 0.3) is 22.0 Å².